The van der Waals surface area contributed by atoms with Crippen molar-refractivity contribution in [2.45, 2.75) is 6.18 Å². The summed E-state index contributed by atoms with van der Waals surface area (Å²) in [6.45, 7) is 0. The number of hydrogen-bond donors (Lipinski definition) is 1. The highest BCUT2D eigenvalue weighted by atomic mass is 19.4. The van der Waals surface area contributed by atoms with Gasteiger partial charge in [-0.1, -0.05) is 12.1 Å². The van der Waals surface area contributed by atoms with Gasteiger partial charge in [0.05, 0.1) is 28.1 Å². The SMILES string of the molecule is N#Cc1ccccc1Nc1ccc(C(F)(F)F)cc1C#N. The summed E-state index contributed by atoms with van der Waals surface area (Å²) in [4.78, 5) is 0. The number of hydrogen-bond acceptors (Lipinski definition) is 3. The summed E-state index contributed by atoms with van der Waals surface area (Å²) < 4.78 is 37.8. The van der Waals surface area contributed by atoms with E-state index in [0.29, 0.717) is 11.3 Å². The van der Waals surface area contributed by atoms with Crippen molar-refractivity contribution in [2.24, 2.45) is 0 Å². The Balaban J connectivity index is 2.42. The molecule has 0 aliphatic carbocycles. The molecular formula is C15H8F3N3. The number of benzene rings is 2. The molecule has 0 amide bonds. The standard InChI is InChI=1S/C15H8F3N3/c16-15(17,18)12-5-6-14(11(7-12)9-20)21-13-4-2-1-3-10(13)8-19/h1-7,21H. The van der Waals surface area contributed by atoms with Crippen molar-refractivity contribution in [1.82, 2.24) is 0 Å². The largest absolute Gasteiger partial charge is 0.416 e. The third kappa shape index (κ3) is 3.13. The lowest BCUT2D eigenvalue weighted by molar-refractivity contribution is -0.137. The molecule has 0 aliphatic rings. The monoisotopic (exact) mass is 287 g/mol. The Kier molecular flexibility index (Phi) is 3.82. The van der Waals surface area contributed by atoms with Crippen molar-refractivity contribution < 1.29 is 13.2 Å². The molecule has 3 nitrogen and oxygen atoms in total. The second kappa shape index (κ2) is 5.56. The molecule has 0 heterocycles. The first kappa shape index (κ1) is 14.4. The maximum Gasteiger partial charge on any atom is 0.416 e. The van der Waals surface area contributed by atoms with E-state index in [-0.39, 0.29) is 11.3 Å². The molecule has 0 saturated carbocycles. The van der Waals surface area contributed by atoms with E-state index in [9.17, 15) is 13.2 Å². The Morgan fingerprint density at radius 1 is 0.857 bits per heavy atom. The van der Waals surface area contributed by atoms with Gasteiger partial charge in [0.1, 0.15) is 12.1 Å². The third-order valence-corrected chi connectivity index (χ3v) is 2.78. The average Bonchev–Trinajstić information content (AvgIpc) is 2.47. The van der Waals surface area contributed by atoms with Crippen LogP contribution in [0.15, 0.2) is 42.5 Å². The summed E-state index contributed by atoms with van der Waals surface area (Å²) in [7, 11) is 0. The van der Waals surface area contributed by atoms with E-state index < -0.39 is 11.7 Å². The van der Waals surface area contributed by atoms with Gasteiger partial charge in [-0.15, -0.1) is 0 Å². The molecule has 2 rings (SSSR count). The fourth-order valence-electron chi connectivity index (χ4n) is 1.76. The van der Waals surface area contributed by atoms with Crippen LogP contribution in [0.4, 0.5) is 24.5 Å². The number of nitrogens with one attached hydrogen (secondary N) is 1. The second-order valence-corrected chi connectivity index (χ2v) is 4.15. The molecule has 2 aromatic rings. The van der Waals surface area contributed by atoms with Crippen LogP contribution in [-0.4, -0.2) is 0 Å². The molecule has 0 aromatic heterocycles. The smallest absolute Gasteiger partial charge is 0.353 e. The zero-order chi connectivity index (χ0) is 15.5. The molecular weight excluding hydrogens is 279 g/mol. The lowest BCUT2D eigenvalue weighted by Gasteiger charge is -2.12. The van der Waals surface area contributed by atoms with Gasteiger partial charge in [-0.2, -0.15) is 23.7 Å². The Labute approximate surface area is 118 Å². The van der Waals surface area contributed by atoms with Gasteiger partial charge >= 0.3 is 6.18 Å². The van der Waals surface area contributed by atoms with Crippen LogP contribution in [0.25, 0.3) is 0 Å². The summed E-state index contributed by atoms with van der Waals surface area (Å²) in [5, 5.41) is 20.8. The van der Waals surface area contributed by atoms with Crippen molar-refractivity contribution in [3.05, 3.63) is 59.2 Å². The van der Waals surface area contributed by atoms with Gasteiger partial charge in [0, 0.05) is 0 Å². The molecule has 1 N–H and O–H groups in total. The highest BCUT2D eigenvalue weighted by Gasteiger charge is 2.31. The first-order valence-corrected chi connectivity index (χ1v) is 5.83. The minimum atomic E-state index is -4.51. The first-order valence-electron chi connectivity index (χ1n) is 5.83. The number of nitriles is 2. The van der Waals surface area contributed by atoms with E-state index >= 15 is 0 Å². The number of nitrogens with zero attached hydrogens (tertiary/aromatic N) is 2. The quantitative estimate of drug-likeness (QED) is 0.900. The van der Waals surface area contributed by atoms with E-state index in [2.05, 4.69) is 5.32 Å². The van der Waals surface area contributed by atoms with E-state index in [1.54, 1.807) is 30.3 Å². The fraction of sp³-hybridized carbons (Fsp3) is 0.0667. The topological polar surface area (TPSA) is 59.6 Å². The molecule has 0 spiro atoms. The van der Waals surface area contributed by atoms with Crippen LogP contribution in [0, 0.1) is 22.7 Å². The van der Waals surface area contributed by atoms with Gasteiger partial charge in [-0.25, -0.2) is 0 Å². The molecule has 6 heteroatoms. The van der Waals surface area contributed by atoms with Crippen molar-refractivity contribution in [2.75, 3.05) is 5.32 Å². The van der Waals surface area contributed by atoms with Crippen LogP contribution in [-0.2, 0) is 6.18 Å². The molecule has 0 bridgehead atoms. The molecule has 104 valence electrons. The van der Waals surface area contributed by atoms with E-state index in [0.717, 1.165) is 12.1 Å². The summed E-state index contributed by atoms with van der Waals surface area (Å²) >= 11 is 0. The summed E-state index contributed by atoms with van der Waals surface area (Å²) in [6, 6.07) is 13.0. The molecule has 0 saturated heterocycles. The number of alkyl halides is 3. The fourth-order valence-corrected chi connectivity index (χ4v) is 1.76. The van der Waals surface area contributed by atoms with E-state index in [1.807, 2.05) is 6.07 Å². The summed E-state index contributed by atoms with van der Waals surface area (Å²) in [6.07, 6.45) is -4.51. The lowest BCUT2D eigenvalue weighted by Crippen LogP contribution is -2.06. The van der Waals surface area contributed by atoms with E-state index in [1.165, 1.54) is 6.07 Å². The molecule has 0 unspecified atom stereocenters. The molecule has 0 radical (unpaired) electrons. The third-order valence-electron chi connectivity index (χ3n) is 2.78. The average molecular weight is 287 g/mol. The molecule has 2 aromatic carbocycles. The van der Waals surface area contributed by atoms with Crippen LogP contribution in [0.1, 0.15) is 16.7 Å². The molecule has 0 aliphatic heterocycles. The predicted octanol–water partition coefficient (Wildman–Crippen LogP) is 4.19. The van der Waals surface area contributed by atoms with Gasteiger partial charge in [0.25, 0.3) is 0 Å². The number of halogens is 3. The summed E-state index contributed by atoms with van der Waals surface area (Å²) in [5.41, 5.74) is -0.0542. The Hall–Kier alpha value is -2.99. The highest BCUT2D eigenvalue weighted by molar-refractivity contribution is 5.71. The van der Waals surface area contributed by atoms with Crippen LogP contribution < -0.4 is 5.32 Å². The lowest BCUT2D eigenvalue weighted by atomic mass is 10.1. The van der Waals surface area contributed by atoms with Gasteiger partial charge in [0.2, 0.25) is 0 Å². The maximum atomic E-state index is 12.6. The minimum absolute atomic E-state index is 0.141. The van der Waals surface area contributed by atoms with E-state index in [4.69, 9.17) is 10.5 Å². The number of para-hydroxylation sites is 1. The van der Waals surface area contributed by atoms with Crippen molar-refractivity contribution >= 4 is 11.4 Å². The van der Waals surface area contributed by atoms with Gasteiger partial charge in [0.15, 0.2) is 0 Å². The molecule has 21 heavy (non-hydrogen) atoms. The second-order valence-electron chi connectivity index (χ2n) is 4.15. The Bertz CT molecular complexity index is 752. The molecule has 0 atom stereocenters. The highest BCUT2D eigenvalue weighted by Crippen LogP contribution is 2.32. The van der Waals surface area contributed by atoms with Crippen LogP contribution in [0.3, 0.4) is 0 Å². The van der Waals surface area contributed by atoms with Crippen LogP contribution in [0.2, 0.25) is 0 Å². The van der Waals surface area contributed by atoms with Gasteiger partial charge in [-0.3, -0.25) is 0 Å². The zero-order valence-corrected chi connectivity index (χ0v) is 10.6. The molecule has 0 fully saturated rings. The van der Waals surface area contributed by atoms with Crippen molar-refractivity contribution in [3.8, 4) is 12.1 Å². The Morgan fingerprint density at radius 3 is 2.10 bits per heavy atom. The minimum Gasteiger partial charge on any atom is -0.353 e. The maximum absolute atomic E-state index is 12.6. The van der Waals surface area contributed by atoms with Gasteiger partial charge in [-0.05, 0) is 30.3 Å². The van der Waals surface area contributed by atoms with Crippen LogP contribution >= 0.6 is 0 Å². The van der Waals surface area contributed by atoms with Gasteiger partial charge < -0.3 is 5.32 Å². The number of anilines is 2. The first-order chi connectivity index (χ1) is 9.95. The number of rotatable bonds is 2. The van der Waals surface area contributed by atoms with Crippen LogP contribution in [0.5, 0.6) is 0 Å². The van der Waals surface area contributed by atoms with Crippen molar-refractivity contribution in [3.63, 3.8) is 0 Å². The normalized spacial score (nSPS) is 10.5. The Morgan fingerprint density at radius 2 is 1.48 bits per heavy atom. The summed E-state index contributed by atoms with van der Waals surface area (Å²) in [5.74, 6) is 0. The van der Waals surface area contributed by atoms with Crippen molar-refractivity contribution in [1.29, 1.82) is 10.5 Å². The predicted molar refractivity (Wildman–Crippen MR) is 70.6 cm³/mol. The zero-order valence-electron chi connectivity index (χ0n) is 10.6.